The zero-order chi connectivity index (χ0) is 12.6. The molecule has 0 rings (SSSR count). The van der Waals surface area contributed by atoms with Gasteiger partial charge in [-0.3, -0.25) is 9.59 Å². The maximum Gasteiger partial charge on any atom is 0.325 e. The summed E-state index contributed by atoms with van der Waals surface area (Å²) in [6, 6.07) is -0.535. The first-order valence-corrected chi connectivity index (χ1v) is 6.57. The van der Waals surface area contributed by atoms with Crippen molar-refractivity contribution >= 4 is 36.0 Å². The van der Waals surface area contributed by atoms with Crippen molar-refractivity contribution in [3.05, 3.63) is 0 Å². The van der Waals surface area contributed by atoms with Gasteiger partial charge in [0.25, 0.3) is 0 Å². The van der Waals surface area contributed by atoms with Gasteiger partial charge in [-0.15, -0.1) is 12.4 Å². The summed E-state index contributed by atoms with van der Waals surface area (Å²) < 4.78 is 4.75. The van der Waals surface area contributed by atoms with Crippen LogP contribution in [-0.4, -0.2) is 55.0 Å². The van der Waals surface area contributed by atoms with E-state index in [2.05, 4.69) is 0 Å². The third-order valence-corrected chi connectivity index (χ3v) is 2.64. The van der Waals surface area contributed by atoms with Crippen LogP contribution in [0.5, 0.6) is 0 Å². The van der Waals surface area contributed by atoms with Gasteiger partial charge >= 0.3 is 5.97 Å². The Hall–Kier alpha value is -0.460. The van der Waals surface area contributed by atoms with E-state index in [4.69, 9.17) is 10.5 Å². The van der Waals surface area contributed by atoms with Gasteiger partial charge in [-0.1, -0.05) is 0 Å². The molecule has 0 fully saturated rings. The fourth-order valence-corrected chi connectivity index (χ4v) is 1.62. The summed E-state index contributed by atoms with van der Waals surface area (Å²) in [5.74, 6) is 0.206. The summed E-state index contributed by atoms with van der Waals surface area (Å²) in [4.78, 5) is 24.1. The largest absolute Gasteiger partial charge is 0.465 e. The number of nitrogens with zero attached hydrogens (tertiary/aromatic N) is 1. The van der Waals surface area contributed by atoms with Gasteiger partial charge in [0.05, 0.1) is 12.6 Å². The SMILES string of the molecule is CCOC(=O)CN(C)C(=O)C(N)CCSC.Cl. The van der Waals surface area contributed by atoms with Crippen LogP contribution in [0.3, 0.4) is 0 Å². The lowest BCUT2D eigenvalue weighted by Gasteiger charge is -2.20. The Morgan fingerprint density at radius 2 is 2.06 bits per heavy atom. The molecule has 0 spiro atoms. The minimum absolute atomic E-state index is 0. The molecule has 7 heteroatoms. The van der Waals surface area contributed by atoms with Crippen LogP contribution in [0.4, 0.5) is 0 Å². The van der Waals surface area contributed by atoms with Crippen LogP contribution in [0.1, 0.15) is 13.3 Å². The van der Waals surface area contributed by atoms with E-state index in [1.54, 1.807) is 25.7 Å². The highest BCUT2D eigenvalue weighted by Gasteiger charge is 2.19. The van der Waals surface area contributed by atoms with Crippen LogP contribution in [0.15, 0.2) is 0 Å². The van der Waals surface area contributed by atoms with Crippen molar-refractivity contribution in [2.45, 2.75) is 19.4 Å². The Bertz CT molecular complexity index is 242. The predicted octanol–water partition coefficient (Wildman–Crippen LogP) is 0.510. The van der Waals surface area contributed by atoms with E-state index in [-0.39, 0.29) is 24.9 Å². The molecule has 0 saturated heterocycles. The molecule has 0 aromatic rings. The quantitative estimate of drug-likeness (QED) is 0.690. The first kappa shape index (κ1) is 18.9. The molecule has 0 aliphatic rings. The van der Waals surface area contributed by atoms with Crippen molar-refractivity contribution in [3.63, 3.8) is 0 Å². The van der Waals surface area contributed by atoms with E-state index in [1.807, 2.05) is 6.26 Å². The highest BCUT2D eigenvalue weighted by molar-refractivity contribution is 7.98. The van der Waals surface area contributed by atoms with Crippen molar-refractivity contribution < 1.29 is 14.3 Å². The second-order valence-electron chi connectivity index (χ2n) is 3.39. The van der Waals surface area contributed by atoms with E-state index < -0.39 is 12.0 Å². The first-order valence-electron chi connectivity index (χ1n) is 5.18. The number of amides is 1. The number of carbonyl (C=O) groups is 2. The number of rotatable bonds is 7. The van der Waals surface area contributed by atoms with Crippen LogP contribution in [-0.2, 0) is 14.3 Å². The number of ether oxygens (including phenoxy) is 1. The average molecular weight is 285 g/mol. The van der Waals surface area contributed by atoms with Crippen molar-refractivity contribution in [3.8, 4) is 0 Å². The number of nitrogens with two attached hydrogens (primary N) is 1. The molecule has 0 saturated carbocycles. The molecule has 0 aliphatic carbocycles. The Balaban J connectivity index is 0. The molecular weight excluding hydrogens is 264 g/mol. The van der Waals surface area contributed by atoms with Gasteiger partial charge in [0.15, 0.2) is 0 Å². The van der Waals surface area contributed by atoms with Crippen LogP contribution in [0.25, 0.3) is 0 Å². The monoisotopic (exact) mass is 284 g/mol. The molecule has 17 heavy (non-hydrogen) atoms. The maximum absolute atomic E-state index is 11.7. The molecule has 0 radical (unpaired) electrons. The summed E-state index contributed by atoms with van der Waals surface area (Å²) in [5, 5.41) is 0. The molecule has 2 N–H and O–H groups in total. The van der Waals surface area contributed by atoms with Crippen LogP contribution < -0.4 is 5.73 Å². The Labute approximate surface area is 113 Å². The summed E-state index contributed by atoms with van der Waals surface area (Å²) in [6.45, 7) is 2.00. The van der Waals surface area contributed by atoms with Gasteiger partial charge in [-0.25, -0.2) is 0 Å². The number of likely N-dealkylation sites (N-methyl/N-ethyl adjacent to an activating group) is 1. The second kappa shape index (κ2) is 10.7. The van der Waals surface area contributed by atoms with Crippen LogP contribution in [0.2, 0.25) is 0 Å². The molecule has 0 heterocycles. The Morgan fingerprint density at radius 1 is 1.47 bits per heavy atom. The zero-order valence-electron chi connectivity index (χ0n) is 10.5. The molecule has 0 aromatic carbocycles. The third kappa shape index (κ3) is 8.29. The molecule has 0 aliphatic heterocycles. The van der Waals surface area contributed by atoms with E-state index in [0.717, 1.165) is 5.75 Å². The summed E-state index contributed by atoms with van der Waals surface area (Å²) in [7, 11) is 1.55. The lowest BCUT2D eigenvalue weighted by atomic mass is 10.2. The maximum atomic E-state index is 11.7. The molecular formula is C10H21ClN2O3S. The fourth-order valence-electron chi connectivity index (χ4n) is 1.13. The standard InChI is InChI=1S/C10H20N2O3S.ClH/c1-4-15-9(13)7-12(2)10(14)8(11)5-6-16-3;/h8H,4-7,11H2,1-3H3;1H. The normalized spacial score (nSPS) is 11.3. The lowest BCUT2D eigenvalue weighted by Crippen LogP contribution is -2.44. The molecule has 1 amide bonds. The Kier molecular flexibility index (Phi) is 11.9. The zero-order valence-corrected chi connectivity index (χ0v) is 12.1. The minimum Gasteiger partial charge on any atom is -0.465 e. The van der Waals surface area contributed by atoms with Crippen molar-refractivity contribution in [1.82, 2.24) is 4.90 Å². The molecule has 0 bridgehead atoms. The third-order valence-electron chi connectivity index (χ3n) is 2.00. The number of esters is 1. The van der Waals surface area contributed by atoms with Gasteiger partial charge in [0, 0.05) is 7.05 Å². The van der Waals surface area contributed by atoms with E-state index >= 15 is 0 Å². The summed E-state index contributed by atoms with van der Waals surface area (Å²) in [6.07, 6.45) is 2.58. The van der Waals surface area contributed by atoms with Gasteiger partial charge in [0.1, 0.15) is 6.54 Å². The Morgan fingerprint density at radius 3 is 2.53 bits per heavy atom. The molecule has 5 nitrogen and oxygen atoms in total. The van der Waals surface area contributed by atoms with Crippen molar-refractivity contribution in [2.75, 3.05) is 32.2 Å². The number of carbonyl (C=O) groups excluding carboxylic acids is 2. The molecule has 1 atom stereocenters. The van der Waals surface area contributed by atoms with Gasteiger partial charge in [0.2, 0.25) is 5.91 Å². The van der Waals surface area contributed by atoms with Gasteiger partial charge in [-0.2, -0.15) is 11.8 Å². The summed E-state index contributed by atoms with van der Waals surface area (Å²) >= 11 is 1.64. The predicted molar refractivity (Wildman–Crippen MR) is 72.5 cm³/mol. The molecule has 102 valence electrons. The highest BCUT2D eigenvalue weighted by Crippen LogP contribution is 2.01. The lowest BCUT2D eigenvalue weighted by molar-refractivity contribution is -0.148. The van der Waals surface area contributed by atoms with E-state index in [1.165, 1.54) is 4.90 Å². The minimum atomic E-state index is -0.535. The average Bonchev–Trinajstić information content (AvgIpc) is 2.24. The molecule has 0 aromatic heterocycles. The molecule has 1 unspecified atom stereocenters. The number of thioether (sulfide) groups is 1. The van der Waals surface area contributed by atoms with Crippen molar-refractivity contribution in [1.29, 1.82) is 0 Å². The van der Waals surface area contributed by atoms with E-state index in [0.29, 0.717) is 13.0 Å². The summed E-state index contributed by atoms with van der Waals surface area (Å²) in [5.41, 5.74) is 5.70. The van der Waals surface area contributed by atoms with E-state index in [9.17, 15) is 9.59 Å². The second-order valence-corrected chi connectivity index (χ2v) is 4.37. The van der Waals surface area contributed by atoms with Crippen molar-refractivity contribution in [2.24, 2.45) is 5.73 Å². The smallest absolute Gasteiger partial charge is 0.325 e. The topological polar surface area (TPSA) is 72.6 Å². The van der Waals surface area contributed by atoms with Gasteiger partial charge < -0.3 is 15.4 Å². The fraction of sp³-hybridized carbons (Fsp3) is 0.800. The van der Waals surface area contributed by atoms with Crippen LogP contribution >= 0.6 is 24.2 Å². The first-order chi connectivity index (χ1) is 7.52. The number of hydrogen-bond acceptors (Lipinski definition) is 5. The van der Waals surface area contributed by atoms with Crippen LogP contribution in [0, 0.1) is 0 Å². The number of hydrogen-bond donors (Lipinski definition) is 1. The number of halogens is 1. The highest BCUT2D eigenvalue weighted by atomic mass is 35.5. The van der Waals surface area contributed by atoms with Gasteiger partial charge in [-0.05, 0) is 25.4 Å².